The van der Waals surface area contributed by atoms with Gasteiger partial charge in [-0.2, -0.15) is 0 Å². The maximum Gasteiger partial charge on any atom is 0.258 e. The highest BCUT2D eigenvalue weighted by Crippen LogP contribution is 2.14. The summed E-state index contributed by atoms with van der Waals surface area (Å²) < 4.78 is 0. The number of fused-ring (bicyclic) bond motifs is 1. The molecule has 0 fully saturated rings. The van der Waals surface area contributed by atoms with E-state index in [4.69, 9.17) is 5.73 Å². The fraction of sp³-hybridized carbons (Fsp3) is 0.500. The zero-order valence-corrected chi connectivity index (χ0v) is 15.4. The number of aliphatic imine (C=N–C) groups is 1. The molecule has 0 saturated carbocycles. The van der Waals surface area contributed by atoms with Crippen LogP contribution in [0.3, 0.4) is 0 Å². The van der Waals surface area contributed by atoms with Crippen LogP contribution in [-0.4, -0.2) is 21.2 Å². The van der Waals surface area contributed by atoms with E-state index in [1.54, 1.807) is 6.07 Å². The Bertz CT molecular complexity index is 754. The summed E-state index contributed by atoms with van der Waals surface area (Å²) in [5.74, 6) is 1.85. The molecule has 0 unspecified atom stereocenters. The second-order valence-electron chi connectivity index (χ2n) is 6.46. The van der Waals surface area contributed by atoms with Crippen molar-refractivity contribution in [2.75, 3.05) is 0 Å². The van der Waals surface area contributed by atoms with Crippen LogP contribution < -0.4 is 11.3 Å². The number of H-pyrrole nitrogens is 1. The Morgan fingerprint density at radius 1 is 1.29 bits per heavy atom. The van der Waals surface area contributed by atoms with Crippen molar-refractivity contribution in [2.45, 2.75) is 51.8 Å². The summed E-state index contributed by atoms with van der Waals surface area (Å²) in [5, 5.41) is 1.15. The van der Waals surface area contributed by atoms with Gasteiger partial charge in [0.2, 0.25) is 0 Å². The van der Waals surface area contributed by atoms with Gasteiger partial charge in [-0.1, -0.05) is 50.6 Å². The number of hydrogen-bond acceptors (Lipinski definition) is 4. The molecule has 0 bridgehead atoms. The van der Waals surface area contributed by atoms with Gasteiger partial charge in [0.25, 0.3) is 5.56 Å². The highest BCUT2D eigenvalue weighted by Gasteiger charge is 2.06. The third-order valence-corrected chi connectivity index (χ3v) is 4.59. The minimum absolute atomic E-state index is 0.117. The molecule has 6 heteroatoms. The Kier molecular flexibility index (Phi) is 6.85. The van der Waals surface area contributed by atoms with Crippen LogP contribution in [-0.2, 0) is 5.75 Å². The highest BCUT2D eigenvalue weighted by molar-refractivity contribution is 8.13. The minimum Gasteiger partial charge on any atom is -0.379 e. The quantitative estimate of drug-likeness (QED) is 0.591. The summed E-state index contributed by atoms with van der Waals surface area (Å²) in [7, 11) is 0. The second kappa shape index (κ2) is 8.87. The Morgan fingerprint density at radius 3 is 2.79 bits per heavy atom. The van der Waals surface area contributed by atoms with Crippen LogP contribution in [0.15, 0.2) is 34.1 Å². The molecule has 2 aromatic rings. The average Bonchev–Trinajstić information content (AvgIpc) is 2.52. The monoisotopic (exact) mass is 346 g/mol. The van der Waals surface area contributed by atoms with E-state index < -0.39 is 0 Å². The summed E-state index contributed by atoms with van der Waals surface area (Å²) in [6.07, 6.45) is 3.43. The van der Waals surface area contributed by atoms with Gasteiger partial charge in [0.05, 0.1) is 16.7 Å². The van der Waals surface area contributed by atoms with E-state index >= 15 is 0 Å². The smallest absolute Gasteiger partial charge is 0.258 e. The normalized spacial score (nSPS) is 13.6. The predicted octanol–water partition coefficient (Wildman–Crippen LogP) is 3.69. The maximum absolute atomic E-state index is 12.0. The van der Waals surface area contributed by atoms with Crippen molar-refractivity contribution in [3.8, 4) is 0 Å². The van der Waals surface area contributed by atoms with Crippen molar-refractivity contribution < 1.29 is 0 Å². The fourth-order valence-corrected chi connectivity index (χ4v) is 3.16. The third kappa shape index (κ3) is 5.67. The van der Waals surface area contributed by atoms with Crippen LogP contribution in [0.1, 0.15) is 45.9 Å². The molecule has 0 saturated heterocycles. The van der Waals surface area contributed by atoms with Crippen molar-refractivity contribution in [1.29, 1.82) is 0 Å². The molecule has 0 amide bonds. The first-order chi connectivity index (χ1) is 11.5. The molecule has 1 heterocycles. The molecule has 0 aliphatic heterocycles. The van der Waals surface area contributed by atoms with E-state index in [0.717, 1.165) is 12.3 Å². The van der Waals surface area contributed by atoms with E-state index in [2.05, 4.69) is 35.7 Å². The van der Waals surface area contributed by atoms with Gasteiger partial charge in [-0.15, -0.1) is 0 Å². The lowest BCUT2D eigenvalue weighted by Crippen LogP contribution is -2.14. The molecule has 3 N–H and O–H groups in total. The number of rotatable bonds is 7. The molecule has 0 radical (unpaired) electrons. The molecule has 130 valence electrons. The number of aromatic amines is 1. The van der Waals surface area contributed by atoms with Gasteiger partial charge in [-0.3, -0.25) is 9.79 Å². The molecule has 0 aliphatic carbocycles. The van der Waals surface area contributed by atoms with E-state index in [0.29, 0.717) is 27.6 Å². The number of thioether (sulfide) groups is 1. The Balaban J connectivity index is 1.92. The number of aromatic nitrogens is 2. The standard InChI is InChI=1S/C18H26N4OS/c1-12(2)7-6-8-13(3)20-18(19)24-11-16-21-15-10-5-4-9-14(15)17(23)22-16/h4-5,9-10,12-13H,6-8,11H2,1-3H3,(H2,19,20)(H,21,22,23)/t13-/m1/s1. The lowest BCUT2D eigenvalue weighted by atomic mass is 10.0. The van der Waals surface area contributed by atoms with Crippen molar-refractivity contribution in [1.82, 2.24) is 9.97 Å². The molecule has 24 heavy (non-hydrogen) atoms. The fourth-order valence-electron chi connectivity index (χ4n) is 2.49. The van der Waals surface area contributed by atoms with Gasteiger partial charge in [-0.05, 0) is 31.4 Å². The number of nitrogens with one attached hydrogen (secondary N) is 1. The molecule has 1 atom stereocenters. The zero-order valence-electron chi connectivity index (χ0n) is 14.6. The van der Waals surface area contributed by atoms with E-state index in [-0.39, 0.29) is 11.6 Å². The molecule has 1 aromatic carbocycles. The molecule has 1 aromatic heterocycles. The van der Waals surface area contributed by atoms with E-state index in [9.17, 15) is 4.79 Å². The van der Waals surface area contributed by atoms with Crippen LogP contribution in [0, 0.1) is 5.92 Å². The first kappa shape index (κ1) is 18.5. The number of amidine groups is 1. The Morgan fingerprint density at radius 2 is 2.04 bits per heavy atom. The average molecular weight is 347 g/mol. The predicted molar refractivity (Wildman–Crippen MR) is 103 cm³/mol. The second-order valence-corrected chi connectivity index (χ2v) is 7.46. The highest BCUT2D eigenvalue weighted by atomic mass is 32.2. The molecule has 0 spiro atoms. The first-order valence-electron chi connectivity index (χ1n) is 8.39. The topological polar surface area (TPSA) is 84.1 Å². The van der Waals surface area contributed by atoms with Crippen LogP contribution in [0.5, 0.6) is 0 Å². The Labute approximate surface area is 147 Å². The SMILES string of the molecule is CC(C)CCC[C@@H](C)N=C(N)SCc1nc2ccccc2c(=O)[nH]1. The summed E-state index contributed by atoms with van der Waals surface area (Å²) in [5.41, 5.74) is 6.58. The number of nitrogens with zero attached hydrogens (tertiary/aromatic N) is 2. The Hall–Kier alpha value is -1.82. The molecule has 0 aliphatic rings. The van der Waals surface area contributed by atoms with E-state index in [1.807, 2.05) is 18.2 Å². The van der Waals surface area contributed by atoms with Crippen molar-refractivity contribution in [3.05, 3.63) is 40.4 Å². The van der Waals surface area contributed by atoms with Gasteiger partial charge in [-0.25, -0.2) is 4.98 Å². The first-order valence-corrected chi connectivity index (χ1v) is 9.38. The zero-order chi connectivity index (χ0) is 17.5. The largest absolute Gasteiger partial charge is 0.379 e. The van der Waals surface area contributed by atoms with Gasteiger partial charge in [0.1, 0.15) is 5.82 Å². The van der Waals surface area contributed by atoms with Crippen molar-refractivity contribution >= 4 is 27.8 Å². The number of para-hydroxylation sites is 1. The van der Waals surface area contributed by atoms with Crippen LogP contribution in [0.2, 0.25) is 0 Å². The lowest BCUT2D eigenvalue weighted by Gasteiger charge is -2.09. The molecule has 5 nitrogen and oxygen atoms in total. The lowest BCUT2D eigenvalue weighted by molar-refractivity contribution is 0.512. The van der Waals surface area contributed by atoms with Crippen LogP contribution in [0.25, 0.3) is 10.9 Å². The number of hydrogen-bond donors (Lipinski definition) is 2. The number of nitrogens with two attached hydrogens (primary N) is 1. The molecule has 2 rings (SSSR count). The minimum atomic E-state index is -0.117. The van der Waals surface area contributed by atoms with Gasteiger partial charge in [0.15, 0.2) is 5.17 Å². The molecular weight excluding hydrogens is 320 g/mol. The third-order valence-electron chi connectivity index (χ3n) is 3.77. The summed E-state index contributed by atoms with van der Waals surface area (Å²) in [6, 6.07) is 7.54. The van der Waals surface area contributed by atoms with Crippen LogP contribution >= 0.6 is 11.8 Å². The van der Waals surface area contributed by atoms with E-state index in [1.165, 1.54) is 24.6 Å². The number of benzene rings is 1. The summed E-state index contributed by atoms with van der Waals surface area (Å²) in [6.45, 7) is 6.55. The summed E-state index contributed by atoms with van der Waals surface area (Å²) >= 11 is 1.41. The summed E-state index contributed by atoms with van der Waals surface area (Å²) in [4.78, 5) is 23.8. The van der Waals surface area contributed by atoms with Gasteiger partial charge in [0, 0.05) is 6.04 Å². The maximum atomic E-state index is 12.0. The van der Waals surface area contributed by atoms with Gasteiger partial charge >= 0.3 is 0 Å². The molecular formula is C18H26N4OS. The van der Waals surface area contributed by atoms with Crippen molar-refractivity contribution in [3.63, 3.8) is 0 Å². The van der Waals surface area contributed by atoms with Crippen LogP contribution in [0.4, 0.5) is 0 Å². The van der Waals surface area contributed by atoms with Gasteiger partial charge < -0.3 is 10.7 Å². The van der Waals surface area contributed by atoms with Crippen molar-refractivity contribution in [2.24, 2.45) is 16.6 Å².